The van der Waals surface area contributed by atoms with Crippen LogP contribution in [0.25, 0.3) is 0 Å². The van der Waals surface area contributed by atoms with Gasteiger partial charge in [-0.15, -0.1) is 0 Å². The van der Waals surface area contributed by atoms with E-state index < -0.39 is 5.97 Å². The van der Waals surface area contributed by atoms with E-state index >= 15 is 0 Å². The van der Waals surface area contributed by atoms with Gasteiger partial charge in [-0.2, -0.15) is 0 Å². The summed E-state index contributed by atoms with van der Waals surface area (Å²) in [5.74, 6) is 0.503. The number of rotatable bonds is 2. The van der Waals surface area contributed by atoms with Crippen molar-refractivity contribution in [3.05, 3.63) is 48.0 Å². The zero-order valence-electron chi connectivity index (χ0n) is 14.8. The summed E-state index contributed by atoms with van der Waals surface area (Å²) in [6, 6.07) is 14.9. The molecule has 0 radical (unpaired) electrons. The van der Waals surface area contributed by atoms with Crippen LogP contribution in [-0.4, -0.2) is 41.1 Å². The standard InChI is InChI=1S/C21H22N2O3/c1-22-14-7-8-15(22)12-16(11-14)23-17-4-2-3-5-19(17)26-20-10-13(21(24)25)6-9-18(20)23/h2-6,9-10,14-16H,7-8,11-12H2,1H3,(H,24,25). The third kappa shape index (κ3) is 2.31. The molecule has 134 valence electrons. The molecule has 1 N–H and O–H groups in total. The summed E-state index contributed by atoms with van der Waals surface area (Å²) in [5.41, 5.74) is 2.31. The maximum atomic E-state index is 11.4. The lowest BCUT2D eigenvalue weighted by Gasteiger charge is -2.44. The predicted octanol–water partition coefficient (Wildman–Crippen LogP) is 4.25. The van der Waals surface area contributed by atoms with Gasteiger partial charge in [-0.05, 0) is 63.1 Å². The lowest BCUT2D eigenvalue weighted by Crippen LogP contribution is -2.48. The minimum atomic E-state index is -0.931. The lowest BCUT2D eigenvalue weighted by atomic mass is 9.94. The van der Waals surface area contributed by atoms with Crippen molar-refractivity contribution >= 4 is 17.3 Å². The summed E-state index contributed by atoms with van der Waals surface area (Å²) < 4.78 is 6.06. The summed E-state index contributed by atoms with van der Waals surface area (Å²) in [5, 5.41) is 9.33. The molecule has 3 heterocycles. The van der Waals surface area contributed by atoms with Crippen LogP contribution in [0.1, 0.15) is 36.0 Å². The number of piperidine rings is 1. The molecule has 5 heteroatoms. The van der Waals surface area contributed by atoms with Crippen molar-refractivity contribution in [3.8, 4) is 11.5 Å². The molecule has 5 nitrogen and oxygen atoms in total. The first-order valence-corrected chi connectivity index (χ1v) is 9.27. The van der Waals surface area contributed by atoms with E-state index in [9.17, 15) is 9.90 Å². The number of benzene rings is 2. The Kier molecular flexibility index (Phi) is 3.47. The van der Waals surface area contributed by atoms with Crippen molar-refractivity contribution < 1.29 is 14.6 Å². The molecule has 2 bridgehead atoms. The van der Waals surface area contributed by atoms with Crippen LogP contribution in [0.2, 0.25) is 0 Å². The molecule has 2 saturated heterocycles. The number of ether oxygens (including phenoxy) is 1. The van der Waals surface area contributed by atoms with E-state index in [-0.39, 0.29) is 5.56 Å². The fraction of sp³-hybridized carbons (Fsp3) is 0.381. The van der Waals surface area contributed by atoms with Crippen LogP contribution < -0.4 is 9.64 Å². The number of hydrogen-bond acceptors (Lipinski definition) is 4. The number of hydrogen-bond donors (Lipinski definition) is 1. The lowest BCUT2D eigenvalue weighted by molar-refractivity contribution is 0.0696. The number of para-hydroxylation sites is 2. The first-order valence-electron chi connectivity index (χ1n) is 9.27. The van der Waals surface area contributed by atoms with Crippen LogP contribution >= 0.6 is 0 Å². The molecule has 26 heavy (non-hydrogen) atoms. The van der Waals surface area contributed by atoms with Gasteiger partial charge in [0.2, 0.25) is 0 Å². The van der Waals surface area contributed by atoms with Crippen molar-refractivity contribution in [2.24, 2.45) is 0 Å². The van der Waals surface area contributed by atoms with Gasteiger partial charge in [0, 0.05) is 18.1 Å². The van der Waals surface area contributed by atoms with Crippen molar-refractivity contribution in [1.82, 2.24) is 4.90 Å². The fourth-order valence-electron chi connectivity index (χ4n) is 4.91. The Morgan fingerprint density at radius 2 is 1.69 bits per heavy atom. The second kappa shape index (κ2) is 5.74. The quantitative estimate of drug-likeness (QED) is 0.877. The summed E-state index contributed by atoms with van der Waals surface area (Å²) in [6.45, 7) is 0. The zero-order chi connectivity index (χ0) is 17.8. The van der Waals surface area contributed by atoms with Crippen molar-refractivity contribution in [2.75, 3.05) is 11.9 Å². The monoisotopic (exact) mass is 350 g/mol. The molecule has 2 unspecified atom stereocenters. The number of carboxylic acids is 1. The maximum Gasteiger partial charge on any atom is 0.335 e. The molecular weight excluding hydrogens is 328 g/mol. The minimum absolute atomic E-state index is 0.256. The summed E-state index contributed by atoms with van der Waals surface area (Å²) in [6.07, 6.45) is 4.80. The highest BCUT2D eigenvalue weighted by molar-refractivity contribution is 5.90. The third-order valence-electron chi connectivity index (χ3n) is 6.25. The first kappa shape index (κ1) is 15.7. The van der Waals surface area contributed by atoms with Crippen molar-refractivity contribution in [3.63, 3.8) is 0 Å². The number of carboxylic acid groups (broad SMARTS) is 1. The van der Waals surface area contributed by atoms with Gasteiger partial charge in [-0.1, -0.05) is 12.1 Å². The van der Waals surface area contributed by atoms with Crippen LogP contribution in [0.15, 0.2) is 42.5 Å². The second-order valence-corrected chi connectivity index (χ2v) is 7.60. The molecule has 0 spiro atoms. The number of carbonyl (C=O) groups is 1. The van der Waals surface area contributed by atoms with E-state index in [4.69, 9.17) is 4.74 Å². The Balaban J connectivity index is 1.60. The number of anilines is 2. The molecule has 2 aromatic rings. The largest absolute Gasteiger partial charge is 0.478 e. The molecule has 0 aliphatic carbocycles. The highest BCUT2D eigenvalue weighted by atomic mass is 16.5. The van der Waals surface area contributed by atoms with E-state index in [0.29, 0.717) is 23.9 Å². The van der Waals surface area contributed by atoms with E-state index in [1.54, 1.807) is 12.1 Å². The van der Waals surface area contributed by atoms with Crippen LogP contribution in [0.4, 0.5) is 11.4 Å². The van der Waals surface area contributed by atoms with Crippen molar-refractivity contribution in [2.45, 2.75) is 43.8 Å². The maximum absolute atomic E-state index is 11.4. The second-order valence-electron chi connectivity index (χ2n) is 7.60. The van der Waals surface area contributed by atoms with Gasteiger partial charge in [-0.25, -0.2) is 4.79 Å². The average molecular weight is 350 g/mol. The van der Waals surface area contributed by atoms with Gasteiger partial charge in [0.05, 0.1) is 16.9 Å². The molecule has 3 aliphatic heterocycles. The van der Waals surface area contributed by atoms with Crippen LogP contribution in [0, 0.1) is 0 Å². The highest BCUT2D eigenvalue weighted by Crippen LogP contribution is 2.50. The summed E-state index contributed by atoms with van der Waals surface area (Å²) >= 11 is 0. The van der Waals surface area contributed by atoms with Crippen LogP contribution in [0.3, 0.4) is 0 Å². The summed E-state index contributed by atoms with van der Waals surface area (Å²) in [4.78, 5) is 16.3. The first-order chi connectivity index (χ1) is 12.6. The Morgan fingerprint density at radius 3 is 2.42 bits per heavy atom. The smallest absolute Gasteiger partial charge is 0.335 e. The van der Waals surface area contributed by atoms with Crippen LogP contribution in [0.5, 0.6) is 11.5 Å². The predicted molar refractivity (Wildman–Crippen MR) is 99.7 cm³/mol. The minimum Gasteiger partial charge on any atom is -0.478 e. The molecule has 0 aromatic heterocycles. The summed E-state index contributed by atoms with van der Waals surface area (Å²) in [7, 11) is 2.25. The van der Waals surface area contributed by atoms with Gasteiger partial charge in [-0.3, -0.25) is 0 Å². The fourth-order valence-corrected chi connectivity index (χ4v) is 4.91. The molecule has 5 rings (SSSR count). The third-order valence-corrected chi connectivity index (χ3v) is 6.25. The van der Waals surface area contributed by atoms with Gasteiger partial charge >= 0.3 is 5.97 Å². The Morgan fingerprint density at radius 1 is 1.00 bits per heavy atom. The van der Waals surface area contributed by atoms with Gasteiger partial charge < -0.3 is 19.6 Å². The molecule has 3 aliphatic rings. The molecule has 2 fully saturated rings. The SMILES string of the molecule is CN1C2CCC1CC(N1c3ccccc3Oc3cc(C(=O)O)ccc31)C2. The molecule has 0 amide bonds. The van der Waals surface area contributed by atoms with Gasteiger partial charge in [0.25, 0.3) is 0 Å². The molecule has 2 atom stereocenters. The number of fused-ring (bicyclic) bond motifs is 4. The van der Waals surface area contributed by atoms with E-state index in [2.05, 4.69) is 22.9 Å². The number of nitrogens with zero attached hydrogens (tertiary/aromatic N) is 2. The Labute approximate surface area is 152 Å². The average Bonchev–Trinajstić information content (AvgIpc) is 2.86. The normalized spacial score (nSPS) is 26.8. The van der Waals surface area contributed by atoms with Crippen molar-refractivity contribution in [1.29, 1.82) is 0 Å². The Bertz CT molecular complexity index is 867. The molecule has 2 aromatic carbocycles. The van der Waals surface area contributed by atoms with Crippen LogP contribution in [-0.2, 0) is 0 Å². The zero-order valence-corrected chi connectivity index (χ0v) is 14.8. The topological polar surface area (TPSA) is 53.0 Å². The van der Waals surface area contributed by atoms with Gasteiger partial charge in [0.1, 0.15) is 0 Å². The van der Waals surface area contributed by atoms with E-state index in [1.807, 2.05) is 24.3 Å². The molecule has 0 saturated carbocycles. The van der Waals surface area contributed by atoms with E-state index in [0.717, 1.165) is 30.0 Å². The molecular formula is C21H22N2O3. The Hall–Kier alpha value is -2.53. The van der Waals surface area contributed by atoms with E-state index in [1.165, 1.54) is 12.8 Å². The van der Waals surface area contributed by atoms with Gasteiger partial charge in [0.15, 0.2) is 11.5 Å². The number of aromatic carboxylic acids is 1. The highest BCUT2D eigenvalue weighted by Gasteiger charge is 2.42.